The molecule has 2 aromatic rings. The number of hydrogen-bond donors (Lipinski definition) is 0. The summed E-state index contributed by atoms with van der Waals surface area (Å²) in [6.07, 6.45) is 14.5. The van der Waals surface area contributed by atoms with Crippen molar-refractivity contribution in [3.8, 4) is 0 Å². The number of allylic oxidation sites excluding steroid dienone is 2. The van der Waals surface area contributed by atoms with E-state index in [1.807, 2.05) is 0 Å². The third-order valence-electron chi connectivity index (χ3n) is 7.81. The van der Waals surface area contributed by atoms with Crippen molar-refractivity contribution in [2.45, 2.75) is 61.2 Å². The Balaban J connectivity index is 0.000000201. The minimum Gasteiger partial charge on any atom is -1.00 e. The average molecular weight is 517 g/mol. The molecule has 0 N–H and O–H groups in total. The van der Waals surface area contributed by atoms with Crippen LogP contribution in [0.5, 0.6) is 0 Å². The normalized spacial score (nSPS) is 24.5. The fourth-order valence-electron chi connectivity index (χ4n) is 5.54. The molecule has 2 unspecified atom stereocenters. The third kappa shape index (κ3) is 4.95. The topological polar surface area (TPSA) is 0 Å². The van der Waals surface area contributed by atoms with Gasteiger partial charge in [0.1, 0.15) is 0 Å². The maximum absolute atomic E-state index is 3.60. The van der Waals surface area contributed by atoms with Gasteiger partial charge in [0.05, 0.1) is 0 Å². The molecule has 31 heavy (non-hydrogen) atoms. The van der Waals surface area contributed by atoms with Gasteiger partial charge in [0.2, 0.25) is 0 Å². The number of hydrogen-bond acceptors (Lipinski definition) is 0. The van der Waals surface area contributed by atoms with E-state index in [-0.39, 0.29) is 46.5 Å². The SMILES string of the molecule is C[Si]1(C2[C-]=Cc3ccccc32)CCC1.C[Si]1(C2[C-]=Cc3ccccc32)CCC1.[Cl-].[Cl-].[Ti+4]. The van der Waals surface area contributed by atoms with Crippen LogP contribution < -0.4 is 24.8 Å². The molecule has 0 saturated carbocycles. The average Bonchev–Trinajstić information content (AvgIpc) is 3.29. The Morgan fingerprint density at radius 2 is 1.00 bits per heavy atom. The fraction of sp³-hybridized carbons (Fsp3) is 0.385. The Hall–Kier alpha value is -0.352. The molecule has 0 nitrogen and oxygen atoms in total. The van der Waals surface area contributed by atoms with Crippen LogP contribution in [-0.2, 0) is 21.7 Å². The second-order valence-electron chi connectivity index (χ2n) is 9.76. The van der Waals surface area contributed by atoms with Crippen molar-refractivity contribution in [2.75, 3.05) is 0 Å². The summed E-state index contributed by atoms with van der Waals surface area (Å²) < 4.78 is 0. The van der Waals surface area contributed by atoms with Crippen molar-refractivity contribution in [2.24, 2.45) is 0 Å². The van der Waals surface area contributed by atoms with E-state index in [4.69, 9.17) is 0 Å². The Labute approximate surface area is 217 Å². The zero-order chi connectivity index (χ0) is 19.2. The Morgan fingerprint density at radius 1 is 0.645 bits per heavy atom. The van der Waals surface area contributed by atoms with E-state index < -0.39 is 16.1 Å². The predicted octanol–water partition coefficient (Wildman–Crippen LogP) is 1.25. The standard InChI is InChI=1S/2C13H15Si.2ClH.Ti/c2*1-14(9-4-10-14)13-8-7-11-5-2-3-6-12(11)13;;;/h2*2-3,5-7,13H,4,9-10H2,1H3;2*1H;/q2*-1;;;+4/p-2. The first-order chi connectivity index (χ1) is 13.6. The van der Waals surface area contributed by atoms with Gasteiger partial charge in [-0.2, -0.15) is 11.1 Å². The number of fused-ring (bicyclic) bond motifs is 2. The molecule has 0 bridgehead atoms. The van der Waals surface area contributed by atoms with Crippen LogP contribution in [0, 0.1) is 12.2 Å². The molecule has 2 fully saturated rings. The summed E-state index contributed by atoms with van der Waals surface area (Å²) in [6.45, 7) is 5.09. The van der Waals surface area contributed by atoms with E-state index in [1.54, 1.807) is 11.1 Å². The van der Waals surface area contributed by atoms with E-state index in [0.717, 1.165) is 0 Å². The van der Waals surface area contributed by atoms with Gasteiger partial charge < -0.3 is 24.8 Å². The van der Waals surface area contributed by atoms with E-state index in [9.17, 15) is 0 Å². The van der Waals surface area contributed by atoms with Crippen molar-refractivity contribution in [3.05, 3.63) is 82.9 Å². The van der Waals surface area contributed by atoms with Crippen LogP contribution in [0.3, 0.4) is 0 Å². The Kier molecular flexibility index (Phi) is 9.30. The molecule has 2 heterocycles. The van der Waals surface area contributed by atoms with E-state index in [0.29, 0.717) is 11.1 Å². The van der Waals surface area contributed by atoms with E-state index in [1.165, 1.54) is 48.1 Å². The summed E-state index contributed by atoms with van der Waals surface area (Å²) in [6, 6.07) is 23.7. The van der Waals surface area contributed by atoms with Crippen molar-refractivity contribution in [1.29, 1.82) is 0 Å². The van der Waals surface area contributed by atoms with Gasteiger partial charge >= 0.3 is 21.7 Å². The van der Waals surface area contributed by atoms with Crippen LogP contribution >= 0.6 is 0 Å². The van der Waals surface area contributed by atoms with Gasteiger partial charge in [-0.25, -0.2) is 12.2 Å². The quantitative estimate of drug-likeness (QED) is 0.416. The van der Waals surface area contributed by atoms with Gasteiger partial charge in [0, 0.05) is 16.1 Å². The van der Waals surface area contributed by atoms with Crippen LogP contribution in [0.2, 0.25) is 37.3 Å². The fourth-order valence-corrected chi connectivity index (χ4v) is 12.6. The molecule has 6 rings (SSSR count). The minimum absolute atomic E-state index is 0. The maximum Gasteiger partial charge on any atom is 4.00 e. The largest absolute Gasteiger partial charge is 4.00 e. The molecule has 2 aliphatic carbocycles. The molecule has 2 saturated heterocycles. The molecule has 4 aliphatic rings. The Morgan fingerprint density at radius 3 is 1.32 bits per heavy atom. The van der Waals surface area contributed by atoms with Gasteiger partial charge in [-0.1, -0.05) is 97.6 Å². The smallest absolute Gasteiger partial charge is 1.00 e. The second-order valence-corrected chi connectivity index (χ2v) is 19.5. The number of halogens is 2. The third-order valence-corrected chi connectivity index (χ3v) is 17.5. The number of benzene rings is 2. The predicted molar refractivity (Wildman–Crippen MR) is 125 cm³/mol. The molecular formula is C26H30Cl2Si2Ti. The summed E-state index contributed by atoms with van der Waals surface area (Å²) in [5.41, 5.74) is 7.35. The summed E-state index contributed by atoms with van der Waals surface area (Å²) in [4.78, 5) is 0. The molecule has 0 spiro atoms. The summed E-state index contributed by atoms with van der Waals surface area (Å²) >= 11 is 0. The molecule has 2 aromatic carbocycles. The Bertz CT molecular complexity index is 870. The zero-order valence-corrected chi connectivity index (χ0v) is 23.5. The molecule has 2 atom stereocenters. The van der Waals surface area contributed by atoms with Crippen molar-refractivity contribution < 1.29 is 46.5 Å². The molecule has 160 valence electrons. The van der Waals surface area contributed by atoms with E-state index in [2.05, 4.69) is 85.9 Å². The van der Waals surface area contributed by atoms with E-state index >= 15 is 0 Å². The van der Waals surface area contributed by atoms with Crippen LogP contribution in [0.1, 0.15) is 46.2 Å². The van der Waals surface area contributed by atoms with Crippen molar-refractivity contribution >= 4 is 28.3 Å². The van der Waals surface area contributed by atoms with Gasteiger partial charge in [0.15, 0.2) is 0 Å². The summed E-state index contributed by atoms with van der Waals surface area (Å²) in [5.74, 6) is 0. The van der Waals surface area contributed by atoms with Gasteiger partial charge in [-0.05, 0) is 0 Å². The molecule has 0 aromatic heterocycles. The maximum atomic E-state index is 3.60. The van der Waals surface area contributed by atoms with Crippen LogP contribution in [-0.4, -0.2) is 16.1 Å². The van der Waals surface area contributed by atoms with Gasteiger partial charge in [-0.3, -0.25) is 12.2 Å². The number of rotatable bonds is 2. The molecule has 5 heteroatoms. The first-order valence-electron chi connectivity index (χ1n) is 11.0. The summed E-state index contributed by atoms with van der Waals surface area (Å²) in [7, 11) is -1.91. The second kappa shape index (κ2) is 10.7. The van der Waals surface area contributed by atoms with Crippen LogP contribution in [0.15, 0.2) is 48.5 Å². The van der Waals surface area contributed by atoms with Crippen molar-refractivity contribution in [3.63, 3.8) is 0 Å². The molecule has 2 aliphatic heterocycles. The zero-order valence-electron chi connectivity index (χ0n) is 18.4. The first kappa shape index (κ1) is 26.9. The molecule has 0 amide bonds. The van der Waals surface area contributed by atoms with Crippen LogP contribution in [0.4, 0.5) is 0 Å². The van der Waals surface area contributed by atoms with Gasteiger partial charge in [-0.15, -0.1) is 23.3 Å². The monoisotopic (exact) mass is 516 g/mol. The minimum atomic E-state index is -0.957. The van der Waals surface area contributed by atoms with Crippen LogP contribution in [0.25, 0.3) is 12.2 Å². The first-order valence-corrected chi connectivity index (χ1v) is 16.9. The van der Waals surface area contributed by atoms with Crippen molar-refractivity contribution in [1.82, 2.24) is 0 Å². The molecule has 0 radical (unpaired) electrons. The summed E-state index contributed by atoms with van der Waals surface area (Å²) in [5, 5.41) is 0. The van der Waals surface area contributed by atoms with Gasteiger partial charge in [0.25, 0.3) is 0 Å². The molecular weight excluding hydrogens is 487 g/mol.